The average Bonchev–Trinajstić information content (AvgIpc) is 2.88. The zero-order valence-electron chi connectivity index (χ0n) is 11.1. The number of nitrogens with two attached hydrogens (primary N) is 1. The lowest BCUT2D eigenvalue weighted by molar-refractivity contribution is -0.138. The van der Waals surface area contributed by atoms with E-state index in [4.69, 9.17) is 15.6 Å². The molecule has 0 aliphatic carbocycles. The third-order valence-electron chi connectivity index (χ3n) is 2.75. The van der Waals surface area contributed by atoms with Gasteiger partial charge in [-0.1, -0.05) is 17.3 Å². The second-order valence-electron chi connectivity index (χ2n) is 4.40. The maximum Gasteiger partial charge on any atom is 0.320 e. The fraction of sp³-hybridized carbons (Fsp3) is 0.308. The van der Waals surface area contributed by atoms with Gasteiger partial charge in [0.2, 0.25) is 0 Å². The van der Waals surface area contributed by atoms with Crippen LogP contribution in [0.5, 0.6) is 5.75 Å². The molecule has 7 nitrogen and oxygen atoms in total. The van der Waals surface area contributed by atoms with Crippen molar-refractivity contribution in [1.82, 2.24) is 15.0 Å². The molecule has 0 amide bonds. The van der Waals surface area contributed by atoms with E-state index in [1.807, 2.05) is 0 Å². The first-order valence-corrected chi connectivity index (χ1v) is 6.31. The Morgan fingerprint density at radius 3 is 2.95 bits per heavy atom. The molecule has 1 aromatic carbocycles. The van der Waals surface area contributed by atoms with E-state index < -0.39 is 17.8 Å². The van der Waals surface area contributed by atoms with Gasteiger partial charge in [-0.05, 0) is 12.1 Å². The number of halogens is 1. The number of para-hydroxylation sites is 1. The Morgan fingerprint density at radius 1 is 1.48 bits per heavy atom. The smallest absolute Gasteiger partial charge is 0.320 e. The number of aliphatic carboxylic acids is 1. The van der Waals surface area contributed by atoms with Crippen LogP contribution >= 0.6 is 0 Å². The molecule has 3 N–H and O–H groups in total. The molecule has 0 radical (unpaired) electrons. The number of carboxylic acid groups (broad SMARTS) is 1. The predicted molar refractivity (Wildman–Crippen MR) is 71.2 cm³/mol. The molecule has 0 saturated heterocycles. The van der Waals surface area contributed by atoms with Crippen LogP contribution in [0.1, 0.15) is 5.69 Å². The van der Waals surface area contributed by atoms with Crippen molar-refractivity contribution >= 4 is 5.97 Å². The maximum atomic E-state index is 13.3. The summed E-state index contributed by atoms with van der Waals surface area (Å²) in [4.78, 5) is 10.6. The molecule has 0 saturated carbocycles. The molecular weight excluding hydrogens is 279 g/mol. The van der Waals surface area contributed by atoms with Gasteiger partial charge in [-0.15, -0.1) is 5.10 Å². The summed E-state index contributed by atoms with van der Waals surface area (Å²) in [7, 11) is 0. The topological polar surface area (TPSA) is 103 Å². The molecule has 112 valence electrons. The number of hydrogen-bond acceptors (Lipinski definition) is 5. The Balaban J connectivity index is 1.83. The second kappa shape index (κ2) is 6.80. The second-order valence-corrected chi connectivity index (χ2v) is 4.40. The molecule has 1 heterocycles. The first kappa shape index (κ1) is 14.9. The average molecular weight is 294 g/mol. The minimum atomic E-state index is -1.09. The van der Waals surface area contributed by atoms with E-state index in [1.165, 1.54) is 16.8 Å². The van der Waals surface area contributed by atoms with Gasteiger partial charge in [-0.2, -0.15) is 0 Å². The van der Waals surface area contributed by atoms with Crippen LogP contribution in [0.4, 0.5) is 4.39 Å². The van der Waals surface area contributed by atoms with Gasteiger partial charge < -0.3 is 15.6 Å². The van der Waals surface area contributed by atoms with Crippen molar-refractivity contribution in [1.29, 1.82) is 0 Å². The van der Waals surface area contributed by atoms with E-state index in [9.17, 15) is 9.18 Å². The molecule has 0 bridgehead atoms. The number of benzene rings is 1. The van der Waals surface area contributed by atoms with E-state index in [0.717, 1.165) is 0 Å². The van der Waals surface area contributed by atoms with Crippen LogP contribution in [0, 0.1) is 5.82 Å². The highest BCUT2D eigenvalue weighted by molar-refractivity contribution is 5.73. The van der Waals surface area contributed by atoms with Crippen LogP contribution in [0.25, 0.3) is 0 Å². The van der Waals surface area contributed by atoms with Gasteiger partial charge in [0.05, 0.1) is 12.2 Å². The Hall–Kier alpha value is -2.48. The number of ether oxygens (including phenoxy) is 1. The van der Waals surface area contributed by atoms with E-state index >= 15 is 0 Å². The highest BCUT2D eigenvalue weighted by atomic mass is 19.1. The van der Waals surface area contributed by atoms with Crippen LogP contribution in [0.15, 0.2) is 30.5 Å². The molecule has 2 aromatic rings. The minimum Gasteiger partial charge on any atom is -0.489 e. The fourth-order valence-electron chi connectivity index (χ4n) is 1.66. The van der Waals surface area contributed by atoms with Crippen molar-refractivity contribution in [3.05, 3.63) is 42.0 Å². The molecule has 2 rings (SSSR count). The van der Waals surface area contributed by atoms with Crippen LogP contribution in [0.2, 0.25) is 0 Å². The predicted octanol–water partition coefficient (Wildman–Crippen LogP) is 0.451. The lowest BCUT2D eigenvalue weighted by Gasteiger charge is -2.06. The van der Waals surface area contributed by atoms with Gasteiger partial charge in [0.1, 0.15) is 12.6 Å². The lowest BCUT2D eigenvalue weighted by Crippen LogP contribution is -2.32. The zero-order valence-corrected chi connectivity index (χ0v) is 11.1. The summed E-state index contributed by atoms with van der Waals surface area (Å²) in [5.41, 5.74) is 5.89. The summed E-state index contributed by atoms with van der Waals surface area (Å²) in [6.45, 7) is 0.582. The molecule has 0 fully saturated rings. The fourth-order valence-corrected chi connectivity index (χ4v) is 1.66. The molecule has 0 spiro atoms. The molecule has 21 heavy (non-hydrogen) atoms. The van der Waals surface area contributed by atoms with Crippen molar-refractivity contribution in [2.24, 2.45) is 5.73 Å². The zero-order chi connectivity index (χ0) is 15.2. The van der Waals surface area contributed by atoms with Gasteiger partial charge in [-0.25, -0.2) is 9.07 Å². The van der Waals surface area contributed by atoms with Gasteiger partial charge in [-0.3, -0.25) is 4.79 Å². The Morgan fingerprint density at radius 2 is 2.24 bits per heavy atom. The van der Waals surface area contributed by atoms with E-state index in [0.29, 0.717) is 12.2 Å². The van der Waals surface area contributed by atoms with Crippen LogP contribution in [-0.4, -0.2) is 38.7 Å². The standard InChI is InChI=1S/C13H15FN4O3/c14-10-3-1-2-4-12(10)21-6-5-18-8-9(16-17-18)7-11(15)13(19)20/h1-4,8,11H,5-7,15H2,(H,19,20). The molecule has 0 aliphatic rings. The van der Waals surface area contributed by atoms with Crippen molar-refractivity contribution in [3.63, 3.8) is 0 Å². The number of hydrogen-bond donors (Lipinski definition) is 2. The van der Waals surface area contributed by atoms with Crippen LogP contribution in [0.3, 0.4) is 0 Å². The number of carboxylic acids is 1. The molecule has 0 aliphatic heterocycles. The quantitative estimate of drug-likeness (QED) is 0.768. The normalized spacial score (nSPS) is 12.1. The number of carbonyl (C=O) groups is 1. The van der Waals surface area contributed by atoms with E-state index in [1.54, 1.807) is 18.3 Å². The van der Waals surface area contributed by atoms with Gasteiger partial charge in [0.25, 0.3) is 0 Å². The monoisotopic (exact) mass is 294 g/mol. The third kappa shape index (κ3) is 4.25. The summed E-state index contributed by atoms with van der Waals surface area (Å²) < 4.78 is 20.1. The molecule has 1 aromatic heterocycles. The number of nitrogens with zero attached hydrogens (tertiary/aromatic N) is 3. The van der Waals surface area contributed by atoms with Crippen molar-refractivity contribution in [3.8, 4) is 5.75 Å². The summed E-state index contributed by atoms with van der Waals surface area (Å²) >= 11 is 0. The first-order chi connectivity index (χ1) is 10.1. The van der Waals surface area contributed by atoms with Crippen molar-refractivity contribution < 1.29 is 19.0 Å². The van der Waals surface area contributed by atoms with E-state index in [-0.39, 0.29) is 18.8 Å². The summed E-state index contributed by atoms with van der Waals surface area (Å²) in [5.74, 6) is -1.35. The van der Waals surface area contributed by atoms with Crippen molar-refractivity contribution in [2.75, 3.05) is 6.61 Å². The number of rotatable bonds is 7. The summed E-state index contributed by atoms with van der Waals surface area (Å²) in [5, 5.41) is 16.4. The minimum absolute atomic E-state index is 0.101. The largest absolute Gasteiger partial charge is 0.489 e. The molecule has 1 atom stereocenters. The Bertz CT molecular complexity index is 617. The molecule has 1 unspecified atom stereocenters. The van der Waals surface area contributed by atoms with E-state index in [2.05, 4.69) is 10.3 Å². The van der Waals surface area contributed by atoms with Crippen molar-refractivity contribution in [2.45, 2.75) is 19.0 Å². The maximum absolute atomic E-state index is 13.3. The van der Waals surface area contributed by atoms with Gasteiger partial charge >= 0.3 is 5.97 Å². The van der Waals surface area contributed by atoms with Gasteiger partial charge in [0.15, 0.2) is 11.6 Å². The lowest BCUT2D eigenvalue weighted by atomic mass is 10.2. The summed E-state index contributed by atoms with van der Waals surface area (Å²) in [6.07, 6.45) is 1.69. The van der Waals surface area contributed by atoms with Crippen LogP contribution < -0.4 is 10.5 Å². The SMILES string of the molecule is NC(Cc1cn(CCOc2ccccc2F)nn1)C(=O)O. The number of aromatic nitrogens is 3. The highest BCUT2D eigenvalue weighted by Gasteiger charge is 2.14. The Labute approximate surface area is 120 Å². The highest BCUT2D eigenvalue weighted by Crippen LogP contribution is 2.15. The summed E-state index contributed by atoms with van der Waals surface area (Å²) in [6, 6.07) is 5.10. The molecule has 8 heteroatoms. The van der Waals surface area contributed by atoms with Gasteiger partial charge in [0, 0.05) is 12.6 Å². The third-order valence-corrected chi connectivity index (χ3v) is 2.75. The molecular formula is C13H15FN4O3. The Kier molecular flexibility index (Phi) is 4.83. The van der Waals surface area contributed by atoms with Crippen LogP contribution in [-0.2, 0) is 17.8 Å². The first-order valence-electron chi connectivity index (χ1n) is 6.31.